The van der Waals surface area contributed by atoms with Crippen molar-refractivity contribution in [2.75, 3.05) is 43.4 Å². The molecule has 1 aromatic carbocycles. The largest absolute Gasteiger partial charge is 0.451 e. The van der Waals surface area contributed by atoms with E-state index in [-0.39, 0.29) is 40.5 Å². The van der Waals surface area contributed by atoms with Crippen LogP contribution in [0.2, 0.25) is 0 Å². The zero-order chi connectivity index (χ0) is 31.2. The van der Waals surface area contributed by atoms with Gasteiger partial charge in [0.05, 0.1) is 17.5 Å². The number of sulfonamides is 1. The molecule has 2 aromatic rings. The molecule has 0 unspecified atom stereocenters. The number of hydrogen-bond acceptors (Lipinski definition) is 8. The summed E-state index contributed by atoms with van der Waals surface area (Å²) in [6, 6.07) is 4.00. The zero-order valence-electron chi connectivity index (χ0n) is 26.1. The predicted molar refractivity (Wildman–Crippen MR) is 167 cm³/mol. The third kappa shape index (κ3) is 8.21. The minimum atomic E-state index is -3.16. The van der Waals surface area contributed by atoms with Gasteiger partial charge in [0, 0.05) is 43.7 Å². The summed E-state index contributed by atoms with van der Waals surface area (Å²) in [5, 5.41) is 3.69. The Morgan fingerprint density at radius 3 is 2.51 bits per heavy atom. The first-order chi connectivity index (χ1) is 20.5. The van der Waals surface area contributed by atoms with Gasteiger partial charge in [-0.1, -0.05) is 6.92 Å². The van der Waals surface area contributed by atoms with E-state index in [9.17, 15) is 17.6 Å². The Kier molecular flexibility index (Phi) is 11.0. The number of nitrogens with one attached hydrogen (secondary N) is 2. The van der Waals surface area contributed by atoms with Gasteiger partial charge in [0.25, 0.3) is 5.91 Å². The van der Waals surface area contributed by atoms with Gasteiger partial charge in [0.15, 0.2) is 11.6 Å². The lowest BCUT2D eigenvalue weighted by molar-refractivity contribution is 0.0713. The first-order valence-electron chi connectivity index (χ1n) is 15.5. The number of rotatable bonds is 14. The van der Waals surface area contributed by atoms with Gasteiger partial charge >= 0.3 is 0 Å². The van der Waals surface area contributed by atoms with E-state index in [2.05, 4.69) is 31.8 Å². The monoisotopic (exact) mass is 618 g/mol. The number of halogens is 1. The van der Waals surface area contributed by atoms with Crippen molar-refractivity contribution in [3.05, 3.63) is 42.1 Å². The van der Waals surface area contributed by atoms with Gasteiger partial charge in [-0.05, 0) is 90.5 Å². The fourth-order valence-corrected chi connectivity index (χ4v) is 7.04. The Morgan fingerprint density at radius 2 is 1.88 bits per heavy atom. The maximum Gasteiger partial charge on any atom is 0.257 e. The number of carbonyl (C=O) groups excluding carboxylic acids is 1. The molecule has 4 rings (SSSR count). The fraction of sp³-hybridized carbons (Fsp3) is 0.645. The quantitative estimate of drug-likeness (QED) is 0.316. The number of anilines is 1. The fourth-order valence-electron chi connectivity index (χ4n) is 6.13. The number of benzene rings is 1. The van der Waals surface area contributed by atoms with Gasteiger partial charge in [0.2, 0.25) is 10.0 Å². The van der Waals surface area contributed by atoms with Crippen LogP contribution in [0, 0.1) is 17.2 Å². The minimum absolute atomic E-state index is 0.0437. The molecule has 2 heterocycles. The van der Waals surface area contributed by atoms with Gasteiger partial charge < -0.3 is 19.9 Å². The van der Waals surface area contributed by atoms with E-state index in [4.69, 9.17) is 4.74 Å². The first-order valence-corrected chi connectivity index (χ1v) is 17.2. The molecule has 0 radical (unpaired) electrons. The van der Waals surface area contributed by atoms with Crippen LogP contribution in [0.5, 0.6) is 11.5 Å². The van der Waals surface area contributed by atoms with Gasteiger partial charge in [0.1, 0.15) is 17.9 Å². The summed E-state index contributed by atoms with van der Waals surface area (Å²) in [7, 11) is -3.16. The van der Waals surface area contributed by atoms with Crippen LogP contribution in [-0.2, 0) is 10.0 Å². The van der Waals surface area contributed by atoms with Crippen molar-refractivity contribution in [1.29, 1.82) is 0 Å². The Morgan fingerprint density at radius 1 is 1.16 bits per heavy atom. The van der Waals surface area contributed by atoms with E-state index < -0.39 is 15.8 Å². The van der Waals surface area contributed by atoms with Crippen molar-refractivity contribution in [1.82, 2.24) is 24.9 Å². The molecule has 0 bridgehead atoms. The molecular formula is C31H47FN6O4S. The van der Waals surface area contributed by atoms with E-state index in [0.717, 1.165) is 58.3 Å². The van der Waals surface area contributed by atoms with Crippen LogP contribution < -0.4 is 19.7 Å². The molecular weight excluding hydrogens is 571 g/mol. The standard InChI is InChI=1S/C31H47FN6O4S/c1-6-31(18-33-16-23-9-12-25(13-10-23)36-43(40,41)8-3)19-37(20-31)29-28(17-34-21-35-29)42-27-14-11-24(32)15-26(27)30(39)38(7-2)22(4)5/h11,14-15,17,21-23,25,33,36H,6-10,12-13,16,18-20H2,1-5H3/t23-,25-. The molecule has 1 amide bonds. The molecule has 43 heavy (non-hydrogen) atoms. The van der Waals surface area contributed by atoms with E-state index >= 15 is 0 Å². The molecule has 1 saturated heterocycles. The lowest BCUT2D eigenvalue weighted by atomic mass is 9.77. The first kappa shape index (κ1) is 33.1. The molecule has 1 aliphatic heterocycles. The van der Waals surface area contributed by atoms with Crippen molar-refractivity contribution >= 4 is 21.7 Å². The number of carbonyl (C=O) groups is 1. The Hall–Kier alpha value is -2.83. The lowest BCUT2D eigenvalue weighted by Crippen LogP contribution is -2.61. The highest BCUT2D eigenvalue weighted by molar-refractivity contribution is 7.89. The minimum Gasteiger partial charge on any atom is -0.451 e. The normalized spacial score (nSPS) is 20.1. The maximum atomic E-state index is 14.2. The molecule has 238 valence electrons. The van der Waals surface area contributed by atoms with Crippen LogP contribution in [0.3, 0.4) is 0 Å². The Labute approximate surface area is 255 Å². The predicted octanol–water partition coefficient (Wildman–Crippen LogP) is 4.58. The average molecular weight is 619 g/mol. The number of nitrogens with zero attached hydrogens (tertiary/aromatic N) is 4. The van der Waals surface area contributed by atoms with E-state index in [0.29, 0.717) is 24.0 Å². The highest BCUT2D eigenvalue weighted by Crippen LogP contribution is 2.41. The van der Waals surface area contributed by atoms with Gasteiger partial charge in [-0.15, -0.1) is 0 Å². The summed E-state index contributed by atoms with van der Waals surface area (Å²) in [6.45, 7) is 13.5. The van der Waals surface area contributed by atoms with Crippen molar-refractivity contribution < 1.29 is 22.3 Å². The second kappa shape index (κ2) is 14.3. The molecule has 2 fully saturated rings. The summed E-state index contributed by atoms with van der Waals surface area (Å²) in [5.41, 5.74) is 0.254. The SMILES string of the molecule is CCN(C(=O)c1cc(F)ccc1Oc1cncnc1N1CC(CC)(CNC[C@H]2CC[C@H](NS(=O)(=O)CC)CC2)C1)C(C)C. The molecule has 0 atom stereocenters. The second-order valence-corrected chi connectivity index (χ2v) is 14.3. The zero-order valence-corrected chi connectivity index (χ0v) is 26.9. The number of hydrogen-bond donors (Lipinski definition) is 2. The topological polar surface area (TPSA) is 117 Å². The van der Waals surface area contributed by atoms with Crippen LogP contribution in [-0.4, -0.2) is 79.8 Å². The highest BCUT2D eigenvalue weighted by atomic mass is 32.2. The molecule has 1 aromatic heterocycles. The van der Waals surface area contributed by atoms with E-state index in [1.165, 1.54) is 24.5 Å². The summed E-state index contributed by atoms with van der Waals surface area (Å²) in [4.78, 5) is 25.8. The molecule has 12 heteroatoms. The average Bonchev–Trinajstić information content (AvgIpc) is 2.96. The van der Waals surface area contributed by atoms with Crippen LogP contribution >= 0.6 is 0 Å². The van der Waals surface area contributed by atoms with Gasteiger partial charge in [-0.25, -0.2) is 27.5 Å². The maximum absolute atomic E-state index is 14.2. The molecule has 1 saturated carbocycles. The number of ether oxygens (including phenoxy) is 1. The summed E-state index contributed by atoms with van der Waals surface area (Å²) in [6.07, 6.45) is 7.85. The van der Waals surface area contributed by atoms with Crippen LogP contribution in [0.25, 0.3) is 0 Å². The van der Waals surface area contributed by atoms with Crippen molar-refractivity contribution in [2.24, 2.45) is 11.3 Å². The van der Waals surface area contributed by atoms with Crippen LogP contribution in [0.15, 0.2) is 30.7 Å². The molecule has 2 aliphatic rings. The lowest BCUT2D eigenvalue weighted by Gasteiger charge is -2.51. The summed E-state index contributed by atoms with van der Waals surface area (Å²) < 4.78 is 47.0. The van der Waals surface area contributed by atoms with Crippen LogP contribution in [0.4, 0.5) is 10.2 Å². The Bertz CT molecular complexity index is 1340. The van der Waals surface area contributed by atoms with Crippen LogP contribution in [0.1, 0.15) is 77.1 Å². The smallest absolute Gasteiger partial charge is 0.257 e. The third-order valence-corrected chi connectivity index (χ3v) is 10.3. The molecule has 10 nitrogen and oxygen atoms in total. The van der Waals surface area contributed by atoms with Gasteiger partial charge in [-0.2, -0.15) is 0 Å². The van der Waals surface area contributed by atoms with E-state index in [1.807, 2.05) is 20.8 Å². The van der Waals surface area contributed by atoms with Crippen molar-refractivity contribution in [3.8, 4) is 11.5 Å². The molecule has 2 N–H and O–H groups in total. The van der Waals surface area contributed by atoms with Gasteiger partial charge in [-0.3, -0.25) is 4.79 Å². The summed E-state index contributed by atoms with van der Waals surface area (Å²) >= 11 is 0. The second-order valence-electron chi connectivity index (χ2n) is 12.2. The van der Waals surface area contributed by atoms with Crippen molar-refractivity contribution in [3.63, 3.8) is 0 Å². The molecule has 1 aliphatic carbocycles. The Balaban J connectivity index is 1.35. The number of aromatic nitrogens is 2. The third-order valence-electron chi connectivity index (χ3n) is 8.88. The van der Waals surface area contributed by atoms with E-state index in [1.54, 1.807) is 18.0 Å². The highest BCUT2D eigenvalue weighted by Gasteiger charge is 2.43. The van der Waals surface area contributed by atoms with Crippen molar-refractivity contribution in [2.45, 2.75) is 78.8 Å². The molecule has 0 spiro atoms. The number of amides is 1. The summed E-state index contributed by atoms with van der Waals surface area (Å²) in [5.74, 6) is 1.20.